The third-order valence-electron chi connectivity index (χ3n) is 7.57. The maximum atomic E-state index is 14.2. The maximum Gasteiger partial charge on any atom is 0.259 e. The molecule has 3 aromatic carbocycles. The standard InChI is InChI=1S/C33H30N6O3/c1-3-7-30-28(32(42)38(33-34-20-35-39(30)33)19-22-10-13-24(14-11-22)21(2)40)17-23-12-15-26(25-8-5-4-6-9-25)27(16-23)29-18-31(41)37-36-29/h4-6,8-16,20H,3,7,17-19H2,1-2H3,(H,37,41). The minimum absolute atomic E-state index is 0.00821. The van der Waals surface area contributed by atoms with Gasteiger partial charge in [-0.05, 0) is 41.7 Å². The predicted octanol–water partition coefficient (Wildman–Crippen LogP) is 4.58. The second kappa shape index (κ2) is 11.4. The second-order valence-electron chi connectivity index (χ2n) is 10.5. The molecule has 0 saturated carbocycles. The number of amides is 1. The van der Waals surface area contributed by atoms with E-state index in [1.165, 1.54) is 13.3 Å². The maximum absolute atomic E-state index is 14.2. The van der Waals surface area contributed by atoms with Crippen LogP contribution in [0, 0.1) is 0 Å². The van der Waals surface area contributed by atoms with Crippen molar-refractivity contribution >= 4 is 23.2 Å². The van der Waals surface area contributed by atoms with E-state index >= 15 is 0 Å². The molecule has 5 aromatic rings. The van der Waals surface area contributed by atoms with E-state index in [4.69, 9.17) is 0 Å². The number of aryl methyl sites for hydroxylation is 1. The number of rotatable bonds is 9. The van der Waals surface area contributed by atoms with Crippen molar-refractivity contribution < 1.29 is 9.59 Å². The third kappa shape index (κ3) is 5.16. The molecule has 0 unspecified atom stereocenters. The Morgan fingerprint density at radius 3 is 2.40 bits per heavy atom. The van der Waals surface area contributed by atoms with Gasteiger partial charge < -0.3 is 0 Å². The molecule has 2 aromatic heterocycles. The van der Waals surface area contributed by atoms with E-state index in [1.54, 1.807) is 21.2 Å². The molecule has 0 atom stereocenters. The summed E-state index contributed by atoms with van der Waals surface area (Å²) in [6.07, 6.45) is 3.55. The van der Waals surface area contributed by atoms with E-state index in [2.05, 4.69) is 27.5 Å². The van der Waals surface area contributed by atoms with Gasteiger partial charge in [-0.2, -0.15) is 15.2 Å². The van der Waals surface area contributed by atoms with Gasteiger partial charge in [0.1, 0.15) is 6.33 Å². The molecule has 9 heteroatoms. The number of fused-ring (bicyclic) bond motifs is 1. The van der Waals surface area contributed by atoms with Gasteiger partial charge in [0.15, 0.2) is 5.78 Å². The summed E-state index contributed by atoms with van der Waals surface area (Å²) in [7, 11) is 0. The van der Waals surface area contributed by atoms with Gasteiger partial charge in [0.2, 0.25) is 11.7 Å². The molecule has 1 aliphatic heterocycles. The average Bonchev–Trinajstić information content (AvgIpc) is 3.67. The third-order valence-corrected chi connectivity index (χ3v) is 7.57. The number of nitrogens with one attached hydrogen (secondary N) is 1. The molecule has 0 radical (unpaired) electrons. The number of Topliss-reactive ketones (excluding diaryl/α,β-unsaturated/α-hetero) is 1. The molecule has 3 heterocycles. The fourth-order valence-electron chi connectivity index (χ4n) is 5.49. The van der Waals surface area contributed by atoms with Gasteiger partial charge >= 0.3 is 0 Å². The summed E-state index contributed by atoms with van der Waals surface area (Å²) in [5.74, 6) is 0.328. The largest absolute Gasteiger partial charge is 0.295 e. The smallest absolute Gasteiger partial charge is 0.259 e. The highest BCUT2D eigenvalue weighted by Crippen LogP contribution is 2.28. The van der Waals surface area contributed by atoms with Crippen LogP contribution >= 0.6 is 0 Å². The molecule has 0 bridgehead atoms. The molecule has 0 aliphatic carbocycles. The van der Waals surface area contributed by atoms with Crippen LogP contribution in [0.4, 0.5) is 0 Å². The van der Waals surface area contributed by atoms with Crippen molar-refractivity contribution in [1.82, 2.24) is 24.6 Å². The van der Waals surface area contributed by atoms with Crippen LogP contribution in [0.1, 0.15) is 65.0 Å². The zero-order valence-corrected chi connectivity index (χ0v) is 23.5. The van der Waals surface area contributed by atoms with Crippen LogP contribution in [-0.4, -0.2) is 36.6 Å². The van der Waals surface area contributed by atoms with Gasteiger partial charge in [-0.1, -0.05) is 80.1 Å². The Balaban J connectivity index is 1.45. The number of nitrogens with zero attached hydrogens (tertiary/aromatic N) is 5. The van der Waals surface area contributed by atoms with Gasteiger partial charge in [-0.25, -0.2) is 9.94 Å². The number of benzene rings is 3. The molecule has 0 spiro atoms. The van der Waals surface area contributed by atoms with Crippen molar-refractivity contribution in [3.63, 3.8) is 0 Å². The number of hydrogen-bond donors (Lipinski definition) is 1. The highest BCUT2D eigenvalue weighted by atomic mass is 16.2. The van der Waals surface area contributed by atoms with E-state index in [0.717, 1.165) is 39.9 Å². The molecule has 210 valence electrons. The lowest BCUT2D eigenvalue weighted by atomic mass is 9.91. The summed E-state index contributed by atoms with van der Waals surface area (Å²) in [6.45, 7) is 3.90. The zero-order chi connectivity index (χ0) is 29.2. The summed E-state index contributed by atoms with van der Waals surface area (Å²) in [5.41, 5.74) is 9.89. The fourth-order valence-corrected chi connectivity index (χ4v) is 5.49. The topological polar surface area (TPSA) is 111 Å². The van der Waals surface area contributed by atoms with Crippen LogP contribution in [-0.2, 0) is 24.2 Å². The molecular formula is C33H30N6O3. The molecule has 9 nitrogen and oxygen atoms in total. The SMILES string of the molecule is CCCc1c(Cc2ccc(-c3ccccc3)c(C3=NNC(=O)C3)c2)c(=O)n(Cc2ccc(C(C)=O)cc2)c2ncnn12. The molecule has 0 fully saturated rings. The number of carbonyl (C=O) groups excluding carboxylic acids is 2. The van der Waals surface area contributed by atoms with Crippen molar-refractivity contribution in [3.05, 3.63) is 123 Å². The quantitative estimate of drug-likeness (QED) is 0.266. The minimum atomic E-state index is -0.143. The van der Waals surface area contributed by atoms with Gasteiger partial charge in [0.05, 0.1) is 24.4 Å². The molecular weight excluding hydrogens is 528 g/mol. The van der Waals surface area contributed by atoms with E-state index < -0.39 is 0 Å². The minimum Gasteiger partial charge on any atom is -0.295 e. The summed E-state index contributed by atoms with van der Waals surface area (Å²) < 4.78 is 3.42. The highest BCUT2D eigenvalue weighted by Gasteiger charge is 2.22. The zero-order valence-electron chi connectivity index (χ0n) is 23.5. The monoisotopic (exact) mass is 558 g/mol. The second-order valence-corrected chi connectivity index (χ2v) is 10.5. The van der Waals surface area contributed by atoms with Crippen LogP contribution < -0.4 is 11.0 Å². The lowest BCUT2D eigenvalue weighted by molar-refractivity contribution is -0.119. The average molecular weight is 559 g/mol. The van der Waals surface area contributed by atoms with Crippen LogP contribution in [0.5, 0.6) is 0 Å². The van der Waals surface area contributed by atoms with Crippen LogP contribution in [0.15, 0.2) is 89.0 Å². The number of carbonyl (C=O) groups is 2. The van der Waals surface area contributed by atoms with E-state index in [1.807, 2.05) is 60.7 Å². The van der Waals surface area contributed by atoms with Gasteiger partial charge in [0, 0.05) is 23.1 Å². The van der Waals surface area contributed by atoms with Crippen molar-refractivity contribution in [2.45, 2.75) is 46.1 Å². The number of ketones is 1. The molecule has 1 N–H and O–H groups in total. The summed E-state index contributed by atoms with van der Waals surface area (Å²) in [6, 6.07) is 23.4. The Labute approximate surface area is 242 Å². The number of hydrogen-bond acceptors (Lipinski definition) is 6. The lowest BCUT2D eigenvalue weighted by Gasteiger charge is -2.17. The predicted molar refractivity (Wildman–Crippen MR) is 161 cm³/mol. The van der Waals surface area contributed by atoms with E-state index in [-0.39, 0.29) is 23.7 Å². The highest BCUT2D eigenvalue weighted by molar-refractivity contribution is 6.16. The Kier molecular flexibility index (Phi) is 7.31. The Hall–Kier alpha value is -5.18. The Bertz CT molecular complexity index is 1900. The summed E-state index contributed by atoms with van der Waals surface area (Å²) >= 11 is 0. The first-order valence-corrected chi connectivity index (χ1v) is 14.0. The molecule has 1 amide bonds. The van der Waals surface area contributed by atoms with Crippen molar-refractivity contribution in [2.75, 3.05) is 0 Å². The first kappa shape index (κ1) is 27.0. The van der Waals surface area contributed by atoms with E-state index in [0.29, 0.717) is 42.0 Å². The lowest BCUT2D eigenvalue weighted by Crippen LogP contribution is -2.30. The van der Waals surface area contributed by atoms with E-state index in [9.17, 15) is 14.4 Å². The normalized spacial score (nSPS) is 12.9. The Morgan fingerprint density at radius 2 is 1.71 bits per heavy atom. The molecule has 1 aliphatic rings. The van der Waals surface area contributed by atoms with Gasteiger partial charge in [0.25, 0.3) is 5.56 Å². The molecule has 6 rings (SSSR count). The number of aromatic nitrogens is 4. The summed E-state index contributed by atoms with van der Waals surface area (Å²) in [5, 5.41) is 8.80. The van der Waals surface area contributed by atoms with Crippen LogP contribution in [0.25, 0.3) is 16.9 Å². The van der Waals surface area contributed by atoms with Crippen molar-refractivity contribution in [1.29, 1.82) is 0 Å². The van der Waals surface area contributed by atoms with Crippen LogP contribution in [0.2, 0.25) is 0 Å². The Morgan fingerprint density at radius 1 is 0.952 bits per heavy atom. The van der Waals surface area contributed by atoms with Gasteiger partial charge in [-0.15, -0.1) is 0 Å². The van der Waals surface area contributed by atoms with Gasteiger partial charge in [-0.3, -0.25) is 19.0 Å². The van der Waals surface area contributed by atoms with Crippen molar-refractivity contribution in [2.24, 2.45) is 5.10 Å². The number of hydrazone groups is 1. The van der Waals surface area contributed by atoms with Crippen molar-refractivity contribution in [3.8, 4) is 11.1 Å². The summed E-state index contributed by atoms with van der Waals surface area (Å²) in [4.78, 5) is 42.4. The molecule has 42 heavy (non-hydrogen) atoms. The molecule has 0 saturated heterocycles. The first-order chi connectivity index (χ1) is 20.4. The first-order valence-electron chi connectivity index (χ1n) is 14.0. The van der Waals surface area contributed by atoms with Crippen LogP contribution in [0.3, 0.4) is 0 Å². The fraction of sp³-hybridized carbons (Fsp3) is 0.212.